The summed E-state index contributed by atoms with van der Waals surface area (Å²) >= 11 is 12.2. The highest BCUT2D eigenvalue weighted by molar-refractivity contribution is 6.31. The summed E-state index contributed by atoms with van der Waals surface area (Å²) in [6.07, 6.45) is 1.98. The molecule has 0 bridgehead atoms. The van der Waals surface area contributed by atoms with Gasteiger partial charge in [-0.15, -0.1) is 0 Å². The first-order valence-electron chi connectivity index (χ1n) is 5.82. The van der Waals surface area contributed by atoms with Crippen LogP contribution in [0.25, 0.3) is 0 Å². The van der Waals surface area contributed by atoms with Gasteiger partial charge in [0.2, 0.25) is 0 Å². The quantitative estimate of drug-likeness (QED) is 0.938. The third kappa shape index (κ3) is 2.91. The maximum Gasteiger partial charge on any atom is 0.127 e. The Labute approximate surface area is 121 Å². The molecule has 102 valence electrons. The highest BCUT2D eigenvalue weighted by Crippen LogP contribution is 2.28. The van der Waals surface area contributed by atoms with E-state index >= 15 is 0 Å². The minimum atomic E-state index is -0.314. The smallest absolute Gasteiger partial charge is 0.127 e. The number of aromatic nitrogens is 2. The fourth-order valence-electron chi connectivity index (χ4n) is 2.08. The molecule has 0 aliphatic rings. The first-order valence-corrected chi connectivity index (χ1v) is 6.57. The van der Waals surface area contributed by atoms with Gasteiger partial charge in [0.15, 0.2) is 0 Å². The molecule has 0 amide bonds. The Kier molecular flexibility index (Phi) is 4.45. The molecule has 0 aliphatic carbocycles. The lowest BCUT2D eigenvalue weighted by Gasteiger charge is -2.18. The minimum Gasteiger partial charge on any atom is -0.311 e. The second-order valence-electron chi connectivity index (χ2n) is 4.25. The number of hydrogen-bond acceptors (Lipinski definition) is 2. The zero-order valence-electron chi connectivity index (χ0n) is 10.6. The molecule has 1 N–H and O–H groups in total. The van der Waals surface area contributed by atoms with E-state index in [9.17, 15) is 4.39 Å². The molecule has 0 saturated heterocycles. The number of halogens is 3. The number of likely N-dealkylation sites (N-methyl/N-ethyl adjacent to an activating group) is 1. The van der Waals surface area contributed by atoms with Crippen LogP contribution >= 0.6 is 23.2 Å². The van der Waals surface area contributed by atoms with Gasteiger partial charge in [-0.3, -0.25) is 4.68 Å². The molecule has 1 heterocycles. The Morgan fingerprint density at radius 2 is 2.11 bits per heavy atom. The first kappa shape index (κ1) is 14.3. The third-order valence-corrected chi connectivity index (χ3v) is 3.73. The van der Waals surface area contributed by atoms with E-state index in [0.717, 1.165) is 5.69 Å². The molecule has 1 aromatic heterocycles. The van der Waals surface area contributed by atoms with Crippen molar-refractivity contribution in [3.05, 3.63) is 51.5 Å². The lowest BCUT2D eigenvalue weighted by Crippen LogP contribution is -2.22. The average Bonchev–Trinajstić information content (AvgIpc) is 2.70. The number of nitrogens with one attached hydrogen (secondary N) is 1. The predicted molar refractivity (Wildman–Crippen MR) is 75.1 cm³/mol. The molecule has 2 rings (SSSR count). The second kappa shape index (κ2) is 5.90. The summed E-state index contributed by atoms with van der Waals surface area (Å²) in [5.74, 6) is -0.314. The molecule has 1 atom stereocenters. The molecule has 0 saturated carbocycles. The summed E-state index contributed by atoms with van der Waals surface area (Å²) in [6, 6.07) is 4.51. The van der Waals surface area contributed by atoms with Gasteiger partial charge < -0.3 is 5.32 Å². The van der Waals surface area contributed by atoms with Crippen LogP contribution in [0.2, 0.25) is 10.0 Å². The highest BCUT2D eigenvalue weighted by Gasteiger charge is 2.20. The molecule has 0 fully saturated rings. The highest BCUT2D eigenvalue weighted by atomic mass is 35.5. The van der Waals surface area contributed by atoms with Crippen LogP contribution in [-0.2, 0) is 13.5 Å². The second-order valence-corrected chi connectivity index (χ2v) is 5.06. The van der Waals surface area contributed by atoms with Gasteiger partial charge in [-0.1, -0.05) is 29.3 Å². The first-order chi connectivity index (χ1) is 9.04. The van der Waals surface area contributed by atoms with E-state index in [-0.39, 0.29) is 11.9 Å². The van der Waals surface area contributed by atoms with Crippen LogP contribution < -0.4 is 5.32 Å². The van der Waals surface area contributed by atoms with Crippen LogP contribution in [0.3, 0.4) is 0 Å². The molecule has 3 nitrogen and oxygen atoms in total. The fraction of sp³-hybridized carbons (Fsp3) is 0.308. The Morgan fingerprint density at radius 1 is 1.37 bits per heavy atom. The van der Waals surface area contributed by atoms with Gasteiger partial charge in [0.25, 0.3) is 0 Å². The normalized spacial score (nSPS) is 12.7. The molecular weight excluding hydrogens is 288 g/mol. The van der Waals surface area contributed by atoms with Gasteiger partial charge in [-0.2, -0.15) is 5.10 Å². The monoisotopic (exact) mass is 301 g/mol. The van der Waals surface area contributed by atoms with Crippen molar-refractivity contribution in [2.24, 2.45) is 7.05 Å². The maximum absolute atomic E-state index is 13.8. The van der Waals surface area contributed by atoms with Crippen LogP contribution in [0.4, 0.5) is 4.39 Å². The van der Waals surface area contributed by atoms with Crippen LogP contribution in [0.1, 0.15) is 17.3 Å². The van der Waals surface area contributed by atoms with Gasteiger partial charge in [0.1, 0.15) is 5.82 Å². The molecule has 0 radical (unpaired) electrons. The average molecular weight is 302 g/mol. The summed E-state index contributed by atoms with van der Waals surface area (Å²) in [5.41, 5.74) is 1.28. The number of hydrogen-bond donors (Lipinski definition) is 1. The van der Waals surface area contributed by atoms with E-state index in [2.05, 4.69) is 10.4 Å². The van der Waals surface area contributed by atoms with Crippen LogP contribution in [0.15, 0.2) is 24.4 Å². The molecule has 0 spiro atoms. The number of benzene rings is 1. The van der Waals surface area contributed by atoms with E-state index in [1.165, 1.54) is 6.07 Å². The number of aryl methyl sites for hydroxylation is 1. The van der Waals surface area contributed by atoms with Crippen molar-refractivity contribution in [1.82, 2.24) is 15.1 Å². The molecule has 1 aromatic carbocycles. The van der Waals surface area contributed by atoms with E-state index < -0.39 is 0 Å². The van der Waals surface area contributed by atoms with Gasteiger partial charge in [-0.05, 0) is 25.6 Å². The largest absolute Gasteiger partial charge is 0.311 e. The SMILES string of the molecule is CNC(Cc1c(F)cccc1Cl)c1c(Cl)cnn1C. The standard InChI is InChI=1S/C13H14Cl2FN3/c1-17-12(13-10(15)7-18-19(13)2)6-8-9(14)4-3-5-11(8)16/h3-5,7,12,17H,6H2,1-2H3. The van der Waals surface area contributed by atoms with Crippen molar-refractivity contribution in [1.29, 1.82) is 0 Å². The molecule has 1 unspecified atom stereocenters. The van der Waals surface area contributed by atoms with Crippen molar-refractivity contribution in [2.75, 3.05) is 7.05 Å². The molecule has 0 aliphatic heterocycles. The Morgan fingerprint density at radius 3 is 2.63 bits per heavy atom. The molecule has 2 aromatic rings. The van der Waals surface area contributed by atoms with Crippen molar-refractivity contribution < 1.29 is 4.39 Å². The Hall–Kier alpha value is -1.10. The van der Waals surface area contributed by atoms with Crippen LogP contribution in [0, 0.1) is 5.82 Å². The van der Waals surface area contributed by atoms with E-state index in [1.807, 2.05) is 0 Å². The minimum absolute atomic E-state index is 0.158. The topological polar surface area (TPSA) is 29.9 Å². The zero-order valence-corrected chi connectivity index (χ0v) is 12.1. The summed E-state index contributed by atoms with van der Waals surface area (Å²) < 4.78 is 15.5. The van der Waals surface area contributed by atoms with Crippen molar-refractivity contribution in [3.63, 3.8) is 0 Å². The molecule has 6 heteroatoms. The third-order valence-electron chi connectivity index (χ3n) is 3.09. The number of nitrogens with zero attached hydrogens (tertiary/aromatic N) is 2. The van der Waals surface area contributed by atoms with E-state index in [1.54, 1.807) is 37.1 Å². The molecular formula is C13H14Cl2FN3. The summed E-state index contributed by atoms with van der Waals surface area (Å²) in [7, 11) is 3.59. The van der Waals surface area contributed by atoms with Gasteiger partial charge in [0, 0.05) is 17.6 Å². The van der Waals surface area contributed by atoms with E-state index in [0.29, 0.717) is 22.0 Å². The van der Waals surface area contributed by atoms with E-state index in [4.69, 9.17) is 23.2 Å². The van der Waals surface area contributed by atoms with Crippen LogP contribution in [0.5, 0.6) is 0 Å². The predicted octanol–water partition coefficient (Wildman–Crippen LogP) is 3.37. The zero-order chi connectivity index (χ0) is 14.0. The fourth-order valence-corrected chi connectivity index (χ4v) is 2.62. The van der Waals surface area contributed by atoms with Crippen molar-refractivity contribution in [2.45, 2.75) is 12.5 Å². The van der Waals surface area contributed by atoms with Crippen molar-refractivity contribution >= 4 is 23.2 Å². The van der Waals surface area contributed by atoms with Gasteiger partial charge in [-0.25, -0.2) is 4.39 Å². The Balaban J connectivity index is 2.35. The summed E-state index contributed by atoms with van der Waals surface area (Å²) in [6.45, 7) is 0. The number of rotatable bonds is 4. The molecule has 19 heavy (non-hydrogen) atoms. The summed E-state index contributed by atoms with van der Waals surface area (Å²) in [4.78, 5) is 0. The van der Waals surface area contributed by atoms with Gasteiger partial charge in [0.05, 0.1) is 23.0 Å². The van der Waals surface area contributed by atoms with Crippen LogP contribution in [-0.4, -0.2) is 16.8 Å². The lowest BCUT2D eigenvalue weighted by atomic mass is 10.0. The lowest BCUT2D eigenvalue weighted by molar-refractivity contribution is 0.520. The maximum atomic E-state index is 13.8. The van der Waals surface area contributed by atoms with Crippen molar-refractivity contribution in [3.8, 4) is 0 Å². The summed E-state index contributed by atoms with van der Waals surface area (Å²) in [5, 5.41) is 8.17. The van der Waals surface area contributed by atoms with Gasteiger partial charge >= 0.3 is 0 Å². The Bertz CT molecular complexity index is 544.